The molecule has 1 aliphatic heterocycles. The zero-order valence-corrected chi connectivity index (χ0v) is 11.3. The number of benzene rings is 1. The molecule has 0 amide bonds. The quantitative estimate of drug-likeness (QED) is 0.711. The molecule has 1 atom stereocenters. The van der Waals surface area contributed by atoms with E-state index in [0.717, 1.165) is 34.9 Å². The molecule has 2 aromatic heterocycles. The lowest BCUT2D eigenvalue weighted by Crippen LogP contribution is -2.46. The molecular weight excluding hydrogens is 250 g/mol. The highest BCUT2D eigenvalue weighted by Crippen LogP contribution is 2.31. The molecule has 4 heteroatoms. The van der Waals surface area contributed by atoms with Crippen LogP contribution >= 0.6 is 0 Å². The van der Waals surface area contributed by atoms with Crippen LogP contribution in [0.5, 0.6) is 0 Å². The van der Waals surface area contributed by atoms with Crippen LogP contribution in [-0.4, -0.2) is 22.6 Å². The van der Waals surface area contributed by atoms with Crippen LogP contribution in [0.25, 0.3) is 22.4 Å². The lowest BCUT2D eigenvalue weighted by atomic mass is 10.1. The van der Waals surface area contributed by atoms with E-state index in [1.807, 2.05) is 36.4 Å². The van der Waals surface area contributed by atoms with Crippen LogP contribution in [0, 0.1) is 0 Å². The van der Waals surface area contributed by atoms with Crippen LogP contribution < -0.4 is 4.90 Å². The molecule has 0 unspecified atom stereocenters. The number of hydrogen-bond donors (Lipinski definition) is 0. The maximum Gasteiger partial charge on any atom is 0.226 e. The molecule has 0 N–H and O–H groups in total. The van der Waals surface area contributed by atoms with Gasteiger partial charge >= 0.3 is 0 Å². The van der Waals surface area contributed by atoms with Gasteiger partial charge in [-0.05, 0) is 13.3 Å². The van der Waals surface area contributed by atoms with Gasteiger partial charge < -0.3 is 9.32 Å². The molecule has 3 heterocycles. The number of fused-ring (bicyclic) bond motifs is 1. The van der Waals surface area contributed by atoms with Crippen molar-refractivity contribution in [1.29, 1.82) is 0 Å². The molecule has 0 spiro atoms. The van der Waals surface area contributed by atoms with Crippen molar-refractivity contribution in [3.63, 3.8) is 0 Å². The van der Waals surface area contributed by atoms with E-state index in [-0.39, 0.29) is 0 Å². The third-order valence-electron chi connectivity index (χ3n) is 3.92. The Bertz CT molecular complexity index is 751. The van der Waals surface area contributed by atoms with E-state index in [0.29, 0.717) is 6.04 Å². The van der Waals surface area contributed by atoms with Crippen molar-refractivity contribution in [2.45, 2.75) is 19.4 Å². The van der Waals surface area contributed by atoms with Gasteiger partial charge in [0.25, 0.3) is 0 Å². The Balaban J connectivity index is 1.92. The van der Waals surface area contributed by atoms with Crippen molar-refractivity contribution < 1.29 is 4.42 Å². The van der Waals surface area contributed by atoms with Gasteiger partial charge in [0.05, 0.1) is 6.26 Å². The highest BCUT2D eigenvalue weighted by atomic mass is 16.3. The summed E-state index contributed by atoms with van der Waals surface area (Å²) in [4.78, 5) is 11.6. The van der Waals surface area contributed by atoms with Gasteiger partial charge in [-0.2, -0.15) is 0 Å². The topological polar surface area (TPSA) is 42.2 Å². The summed E-state index contributed by atoms with van der Waals surface area (Å²) in [5.41, 5.74) is 3.56. The predicted octanol–water partition coefficient (Wildman–Crippen LogP) is 3.49. The zero-order chi connectivity index (χ0) is 13.5. The Morgan fingerprint density at radius 3 is 2.70 bits per heavy atom. The second-order valence-electron chi connectivity index (χ2n) is 5.20. The predicted molar refractivity (Wildman–Crippen MR) is 78.7 cm³/mol. The minimum absolute atomic E-state index is 0.517. The SMILES string of the molecule is C[C@H]1CCN1c1nc(-c2ccccc2)c2occc2n1. The molecule has 100 valence electrons. The van der Waals surface area contributed by atoms with Crippen LogP contribution in [0.15, 0.2) is 47.1 Å². The fourth-order valence-corrected chi connectivity index (χ4v) is 2.58. The maximum atomic E-state index is 5.57. The van der Waals surface area contributed by atoms with Gasteiger partial charge in [-0.15, -0.1) is 0 Å². The molecule has 0 radical (unpaired) electrons. The summed E-state index contributed by atoms with van der Waals surface area (Å²) in [5, 5.41) is 0. The molecule has 1 fully saturated rings. The lowest BCUT2D eigenvalue weighted by molar-refractivity contribution is 0.471. The Kier molecular flexibility index (Phi) is 2.49. The Labute approximate surface area is 117 Å². The molecule has 1 aliphatic rings. The lowest BCUT2D eigenvalue weighted by Gasteiger charge is -2.38. The number of hydrogen-bond acceptors (Lipinski definition) is 4. The fourth-order valence-electron chi connectivity index (χ4n) is 2.58. The van der Waals surface area contributed by atoms with E-state index in [4.69, 9.17) is 9.40 Å². The average molecular weight is 265 g/mol. The van der Waals surface area contributed by atoms with Crippen LogP contribution in [0.4, 0.5) is 5.95 Å². The van der Waals surface area contributed by atoms with Crippen molar-refractivity contribution in [2.24, 2.45) is 0 Å². The first-order valence-electron chi connectivity index (χ1n) is 6.90. The normalized spacial score (nSPS) is 18.2. The molecule has 4 nitrogen and oxygen atoms in total. The van der Waals surface area contributed by atoms with Crippen LogP contribution in [-0.2, 0) is 0 Å². The molecular formula is C16H15N3O. The molecule has 4 rings (SSSR count). The van der Waals surface area contributed by atoms with Crippen LogP contribution in [0.3, 0.4) is 0 Å². The molecule has 20 heavy (non-hydrogen) atoms. The summed E-state index contributed by atoms with van der Waals surface area (Å²) < 4.78 is 5.57. The van der Waals surface area contributed by atoms with E-state index < -0.39 is 0 Å². The number of furan rings is 1. The summed E-state index contributed by atoms with van der Waals surface area (Å²) in [6, 6.07) is 12.5. The van der Waals surface area contributed by atoms with Gasteiger partial charge in [0.1, 0.15) is 11.2 Å². The summed E-state index contributed by atoms with van der Waals surface area (Å²) >= 11 is 0. The monoisotopic (exact) mass is 265 g/mol. The molecule has 1 saturated heterocycles. The Hall–Kier alpha value is -2.36. The second kappa shape index (κ2) is 4.34. The maximum absolute atomic E-state index is 5.57. The first-order chi connectivity index (χ1) is 9.83. The van der Waals surface area contributed by atoms with E-state index in [9.17, 15) is 0 Å². The van der Waals surface area contributed by atoms with E-state index in [2.05, 4.69) is 16.8 Å². The van der Waals surface area contributed by atoms with Crippen molar-refractivity contribution in [3.05, 3.63) is 42.7 Å². The van der Waals surface area contributed by atoms with Gasteiger partial charge in [-0.3, -0.25) is 0 Å². The summed E-state index contributed by atoms with van der Waals surface area (Å²) in [6.07, 6.45) is 2.88. The first kappa shape index (κ1) is 11.5. The van der Waals surface area contributed by atoms with Gasteiger partial charge in [-0.25, -0.2) is 9.97 Å². The zero-order valence-electron chi connectivity index (χ0n) is 11.3. The van der Waals surface area contributed by atoms with Crippen molar-refractivity contribution >= 4 is 17.0 Å². The Morgan fingerprint density at radius 2 is 2.00 bits per heavy atom. The van der Waals surface area contributed by atoms with E-state index in [1.165, 1.54) is 6.42 Å². The van der Waals surface area contributed by atoms with Crippen molar-refractivity contribution in [1.82, 2.24) is 9.97 Å². The third-order valence-corrected chi connectivity index (χ3v) is 3.92. The fraction of sp³-hybridized carbons (Fsp3) is 0.250. The third kappa shape index (κ3) is 1.68. The highest BCUT2D eigenvalue weighted by Gasteiger charge is 2.27. The van der Waals surface area contributed by atoms with Crippen molar-refractivity contribution in [2.75, 3.05) is 11.4 Å². The molecule has 3 aromatic rings. The van der Waals surface area contributed by atoms with Crippen molar-refractivity contribution in [3.8, 4) is 11.3 Å². The number of aromatic nitrogens is 2. The molecule has 0 aliphatic carbocycles. The summed E-state index contributed by atoms with van der Waals surface area (Å²) in [5.74, 6) is 0.802. The number of nitrogens with zero attached hydrogens (tertiary/aromatic N) is 3. The number of anilines is 1. The standard InChI is InChI=1S/C16H15N3O/c1-11-7-9-19(11)16-17-13-8-10-20-15(13)14(18-16)12-5-3-2-4-6-12/h2-6,8,10-11H,7,9H2,1H3/t11-/m0/s1. The number of rotatable bonds is 2. The van der Waals surface area contributed by atoms with Crippen LogP contribution in [0.1, 0.15) is 13.3 Å². The van der Waals surface area contributed by atoms with Crippen LogP contribution in [0.2, 0.25) is 0 Å². The van der Waals surface area contributed by atoms with Gasteiger partial charge in [0.15, 0.2) is 5.58 Å². The van der Waals surface area contributed by atoms with Gasteiger partial charge in [-0.1, -0.05) is 30.3 Å². The minimum atomic E-state index is 0.517. The second-order valence-corrected chi connectivity index (χ2v) is 5.20. The summed E-state index contributed by atoms with van der Waals surface area (Å²) in [6.45, 7) is 3.23. The summed E-state index contributed by atoms with van der Waals surface area (Å²) in [7, 11) is 0. The molecule has 0 bridgehead atoms. The Morgan fingerprint density at radius 1 is 1.15 bits per heavy atom. The van der Waals surface area contributed by atoms with E-state index in [1.54, 1.807) is 6.26 Å². The minimum Gasteiger partial charge on any atom is -0.460 e. The molecule has 1 aromatic carbocycles. The highest BCUT2D eigenvalue weighted by molar-refractivity contribution is 5.88. The first-order valence-corrected chi connectivity index (χ1v) is 6.90. The average Bonchev–Trinajstić information content (AvgIpc) is 2.94. The van der Waals surface area contributed by atoms with Gasteiger partial charge in [0.2, 0.25) is 5.95 Å². The van der Waals surface area contributed by atoms with E-state index >= 15 is 0 Å². The largest absolute Gasteiger partial charge is 0.460 e. The van der Waals surface area contributed by atoms with Gasteiger partial charge in [0, 0.05) is 24.2 Å². The smallest absolute Gasteiger partial charge is 0.226 e. The molecule has 0 saturated carbocycles.